The van der Waals surface area contributed by atoms with E-state index in [0.29, 0.717) is 17.9 Å². The van der Waals surface area contributed by atoms with Crippen LogP contribution in [0.2, 0.25) is 0 Å². The highest BCUT2D eigenvalue weighted by Gasteiger charge is 2.27. The number of halogens is 1. The molecule has 0 saturated heterocycles. The lowest BCUT2D eigenvalue weighted by Crippen LogP contribution is -2.42. The number of carboxylic acid groups (broad SMARTS) is 1. The molecular formula is C14H20FNO3. The molecule has 0 bridgehead atoms. The molecule has 1 aromatic rings. The number of ether oxygens (including phenoxy) is 1. The Hall–Kier alpha value is -1.62. The molecule has 1 aromatic carbocycles. The third-order valence-electron chi connectivity index (χ3n) is 3.27. The van der Waals surface area contributed by atoms with Gasteiger partial charge in [-0.3, -0.25) is 9.69 Å². The van der Waals surface area contributed by atoms with Gasteiger partial charge < -0.3 is 9.84 Å². The summed E-state index contributed by atoms with van der Waals surface area (Å²) in [5.74, 6) is -0.595. The lowest BCUT2D eigenvalue weighted by atomic mass is 9.98. The number of methoxy groups -OCH3 is 1. The Kier molecular flexibility index (Phi) is 4.89. The fourth-order valence-corrected chi connectivity index (χ4v) is 1.85. The van der Waals surface area contributed by atoms with Crippen LogP contribution in [-0.4, -0.2) is 35.7 Å². The highest BCUT2D eigenvalue weighted by molar-refractivity contribution is 5.68. The van der Waals surface area contributed by atoms with Crippen molar-refractivity contribution in [3.8, 4) is 5.75 Å². The molecule has 0 unspecified atom stereocenters. The Labute approximate surface area is 112 Å². The minimum atomic E-state index is -0.858. The van der Waals surface area contributed by atoms with Crippen LogP contribution < -0.4 is 4.74 Å². The maximum Gasteiger partial charge on any atom is 0.305 e. The minimum absolute atomic E-state index is 0.0150. The van der Waals surface area contributed by atoms with Gasteiger partial charge in [-0.25, -0.2) is 4.39 Å². The van der Waals surface area contributed by atoms with E-state index in [-0.39, 0.29) is 12.2 Å². The molecule has 1 rings (SSSR count). The number of benzene rings is 1. The van der Waals surface area contributed by atoms with Crippen molar-refractivity contribution in [2.75, 3.05) is 14.2 Å². The highest BCUT2D eigenvalue weighted by Crippen LogP contribution is 2.25. The largest absolute Gasteiger partial charge is 0.496 e. The summed E-state index contributed by atoms with van der Waals surface area (Å²) in [6.07, 6.45) is 0.0150. The van der Waals surface area contributed by atoms with E-state index in [9.17, 15) is 9.18 Å². The normalized spacial score (nSPS) is 11.7. The first-order chi connectivity index (χ1) is 8.76. The van der Waals surface area contributed by atoms with Gasteiger partial charge in [0.15, 0.2) is 0 Å². The molecule has 0 radical (unpaired) electrons. The molecule has 5 heteroatoms. The number of nitrogens with zero attached hydrogens (tertiary/aromatic N) is 1. The van der Waals surface area contributed by atoms with E-state index in [1.165, 1.54) is 19.2 Å². The Morgan fingerprint density at radius 3 is 2.63 bits per heavy atom. The van der Waals surface area contributed by atoms with E-state index >= 15 is 0 Å². The average molecular weight is 269 g/mol. The smallest absolute Gasteiger partial charge is 0.305 e. The van der Waals surface area contributed by atoms with Gasteiger partial charge in [0.2, 0.25) is 0 Å². The molecule has 0 heterocycles. The zero-order valence-electron chi connectivity index (χ0n) is 11.7. The van der Waals surface area contributed by atoms with Gasteiger partial charge in [0.25, 0.3) is 0 Å². The predicted molar refractivity (Wildman–Crippen MR) is 70.8 cm³/mol. The molecule has 0 saturated carbocycles. The van der Waals surface area contributed by atoms with Crippen molar-refractivity contribution in [3.63, 3.8) is 0 Å². The molecule has 0 spiro atoms. The van der Waals surface area contributed by atoms with E-state index < -0.39 is 11.5 Å². The fraction of sp³-hybridized carbons (Fsp3) is 0.500. The molecular weight excluding hydrogens is 249 g/mol. The average Bonchev–Trinajstić information content (AvgIpc) is 2.27. The van der Waals surface area contributed by atoms with Crippen molar-refractivity contribution in [3.05, 3.63) is 29.6 Å². The lowest BCUT2D eigenvalue weighted by Gasteiger charge is -2.34. The SMILES string of the molecule is COc1ccc(F)cc1CN(C)C(C)(C)CC(=O)O. The van der Waals surface area contributed by atoms with Crippen molar-refractivity contribution in [2.24, 2.45) is 0 Å². The number of carbonyl (C=O) groups is 1. The van der Waals surface area contributed by atoms with Gasteiger partial charge in [0.1, 0.15) is 11.6 Å². The Bertz CT molecular complexity index is 460. The van der Waals surface area contributed by atoms with E-state index in [4.69, 9.17) is 9.84 Å². The molecule has 0 aliphatic carbocycles. The molecule has 19 heavy (non-hydrogen) atoms. The van der Waals surface area contributed by atoms with Crippen molar-refractivity contribution >= 4 is 5.97 Å². The van der Waals surface area contributed by atoms with Crippen LogP contribution in [0, 0.1) is 5.82 Å². The van der Waals surface area contributed by atoms with E-state index in [1.54, 1.807) is 6.07 Å². The van der Waals surface area contributed by atoms with Gasteiger partial charge in [-0.2, -0.15) is 0 Å². The molecule has 0 fully saturated rings. The summed E-state index contributed by atoms with van der Waals surface area (Å²) < 4.78 is 18.5. The van der Waals surface area contributed by atoms with Crippen LogP contribution >= 0.6 is 0 Å². The van der Waals surface area contributed by atoms with Crippen LogP contribution in [0.15, 0.2) is 18.2 Å². The molecule has 0 aliphatic heterocycles. The quantitative estimate of drug-likeness (QED) is 0.862. The highest BCUT2D eigenvalue weighted by atomic mass is 19.1. The molecule has 0 aliphatic rings. The zero-order chi connectivity index (χ0) is 14.6. The molecule has 4 nitrogen and oxygen atoms in total. The minimum Gasteiger partial charge on any atom is -0.496 e. The number of carboxylic acids is 1. The molecule has 0 aromatic heterocycles. The first-order valence-corrected chi connectivity index (χ1v) is 6.01. The summed E-state index contributed by atoms with van der Waals surface area (Å²) >= 11 is 0. The Balaban J connectivity index is 2.89. The summed E-state index contributed by atoms with van der Waals surface area (Å²) in [6, 6.07) is 4.32. The predicted octanol–water partition coefficient (Wildman–Crippen LogP) is 2.52. The first-order valence-electron chi connectivity index (χ1n) is 6.01. The molecule has 1 N–H and O–H groups in total. The first kappa shape index (κ1) is 15.4. The van der Waals surface area contributed by atoms with Crippen molar-refractivity contribution in [2.45, 2.75) is 32.4 Å². The molecule has 0 amide bonds. The second kappa shape index (κ2) is 6.02. The van der Waals surface area contributed by atoms with Gasteiger partial charge in [-0.15, -0.1) is 0 Å². The van der Waals surface area contributed by atoms with Gasteiger partial charge >= 0.3 is 5.97 Å². The topological polar surface area (TPSA) is 49.8 Å². The summed E-state index contributed by atoms with van der Waals surface area (Å²) in [4.78, 5) is 12.7. The van der Waals surface area contributed by atoms with Crippen molar-refractivity contribution in [1.82, 2.24) is 4.90 Å². The Morgan fingerprint density at radius 2 is 2.11 bits per heavy atom. The van der Waals surface area contributed by atoms with Crippen LogP contribution in [0.5, 0.6) is 5.75 Å². The van der Waals surface area contributed by atoms with Gasteiger partial charge in [-0.05, 0) is 39.1 Å². The van der Waals surface area contributed by atoms with Crippen LogP contribution in [0.1, 0.15) is 25.8 Å². The molecule has 0 atom stereocenters. The number of hydrogen-bond donors (Lipinski definition) is 1. The van der Waals surface area contributed by atoms with Crippen LogP contribution in [-0.2, 0) is 11.3 Å². The van der Waals surface area contributed by atoms with Crippen molar-refractivity contribution < 1.29 is 19.0 Å². The summed E-state index contributed by atoms with van der Waals surface area (Å²) in [6.45, 7) is 4.10. The Morgan fingerprint density at radius 1 is 1.47 bits per heavy atom. The van der Waals surface area contributed by atoms with E-state index in [2.05, 4.69) is 0 Å². The standard InChI is InChI=1S/C14H20FNO3/c1-14(2,8-13(17)18)16(3)9-10-7-11(15)5-6-12(10)19-4/h5-7H,8-9H2,1-4H3,(H,17,18). The zero-order valence-corrected chi connectivity index (χ0v) is 11.7. The maximum atomic E-state index is 13.3. The van der Waals surface area contributed by atoms with Crippen LogP contribution in [0.3, 0.4) is 0 Å². The van der Waals surface area contributed by atoms with Crippen LogP contribution in [0.4, 0.5) is 4.39 Å². The van der Waals surface area contributed by atoms with E-state index in [0.717, 1.165) is 0 Å². The summed E-state index contributed by atoms with van der Waals surface area (Å²) in [5.41, 5.74) is 0.173. The summed E-state index contributed by atoms with van der Waals surface area (Å²) in [7, 11) is 3.34. The van der Waals surface area contributed by atoms with Crippen LogP contribution in [0.25, 0.3) is 0 Å². The second-order valence-corrected chi connectivity index (χ2v) is 5.20. The molecule has 106 valence electrons. The number of hydrogen-bond acceptors (Lipinski definition) is 3. The third-order valence-corrected chi connectivity index (χ3v) is 3.27. The number of aliphatic carboxylic acids is 1. The fourth-order valence-electron chi connectivity index (χ4n) is 1.85. The van der Waals surface area contributed by atoms with E-state index in [1.807, 2.05) is 25.8 Å². The lowest BCUT2D eigenvalue weighted by molar-refractivity contribution is -0.139. The second-order valence-electron chi connectivity index (χ2n) is 5.20. The maximum absolute atomic E-state index is 13.3. The summed E-state index contributed by atoms with van der Waals surface area (Å²) in [5, 5.41) is 8.90. The number of rotatable bonds is 6. The third kappa shape index (κ3) is 4.21. The monoisotopic (exact) mass is 269 g/mol. The van der Waals surface area contributed by atoms with Crippen molar-refractivity contribution in [1.29, 1.82) is 0 Å². The van der Waals surface area contributed by atoms with Gasteiger partial charge in [0, 0.05) is 17.6 Å². The van der Waals surface area contributed by atoms with Gasteiger partial charge in [-0.1, -0.05) is 0 Å². The van der Waals surface area contributed by atoms with Gasteiger partial charge in [0.05, 0.1) is 13.5 Å².